The zero-order valence-corrected chi connectivity index (χ0v) is 19.6. The minimum atomic E-state index is -4.77. The molecule has 1 aromatic carbocycles. The number of halogens is 4. The highest BCUT2D eigenvalue weighted by atomic mass is 35.5. The van der Waals surface area contributed by atoms with E-state index in [9.17, 15) is 17.2 Å². The second kappa shape index (κ2) is 9.05. The second-order valence-corrected chi connectivity index (χ2v) is 9.86. The maximum Gasteiger partial charge on any atom is 0.268 e. The van der Waals surface area contributed by atoms with Crippen LogP contribution < -0.4 is 9.62 Å². The maximum absolute atomic E-state index is 15.1. The van der Waals surface area contributed by atoms with Crippen LogP contribution in [-0.4, -0.2) is 64.2 Å². The van der Waals surface area contributed by atoms with Crippen LogP contribution in [0.15, 0.2) is 29.2 Å². The van der Waals surface area contributed by atoms with Crippen molar-refractivity contribution in [2.45, 2.75) is 29.9 Å². The van der Waals surface area contributed by atoms with E-state index in [4.69, 9.17) is 16.3 Å². The number of nitrogens with one attached hydrogen (secondary N) is 1. The molecule has 1 saturated heterocycles. The molecule has 12 heteroatoms. The first-order chi connectivity index (χ1) is 14.9. The van der Waals surface area contributed by atoms with Crippen molar-refractivity contribution in [2.75, 3.05) is 43.9 Å². The molecule has 1 aliphatic heterocycles. The van der Waals surface area contributed by atoms with Crippen molar-refractivity contribution < 1.29 is 26.3 Å². The van der Waals surface area contributed by atoms with E-state index >= 15 is 4.39 Å². The van der Waals surface area contributed by atoms with Crippen molar-refractivity contribution in [1.29, 1.82) is 0 Å². The fraction of sp³-hybridized carbons (Fsp3) is 0.450. The van der Waals surface area contributed by atoms with Gasteiger partial charge in [-0.25, -0.2) is 22.2 Å². The molecule has 3 rings (SSSR count). The third kappa shape index (κ3) is 4.52. The van der Waals surface area contributed by atoms with Gasteiger partial charge in [-0.1, -0.05) is 17.7 Å². The van der Waals surface area contributed by atoms with E-state index in [0.717, 1.165) is 18.2 Å². The van der Waals surface area contributed by atoms with Gasteiger partial charge in [0.25, 0.3) is 10.0 Å². The van der Waals surface area contributed by atoms with Crippen LogP contribution in [0.4, 0.5) is 24.7 Å². The van der Waals surface area contributed by atoms with Gasteiger partial charge in [0.05, 0.1) is 5.69 Å². The Labute approximate surface area is 190 Å². The summed E-state index contributed by atoms with van der Waals surface area (Å²) in [6.45, 7) is 2.69. The lowest BCUT2D eigenvalue weighted by Crippen LogP contribution is -2.51. The molecule has 1 aliphatic rings. The molecule has 0 radical (unpaired) electrons. The van der Waals surface area contributed by atoms with E-state index in [1.165, 1.54) is 6.07 Å². The first-order valence-corrected chi connectivity index (χ1v) is 11.6. The Kier molecular flexibility index (Phi) is 6.94. The molecule has 0 unspecified atom stereocenters. The molecule has 7 nitrogen and oxygen atoms in total. The number of nitrogens with zero attached hydrogens (tertiary/aromatic N) is 3. The molecule has 2 atom stereocenters. The number of sulfonamides is 1. The van der Waals surface area contributed by atoms with Crippen LogP contribution in [0.3, 0.4) is 0 Å². The van der Waals surface area contributed by atoms with Crippen LogP contribution >= 0.6 is 11.6 Å². The van der Waals surface area contributed by atoms with Crippen molar-refractivity contribution in [3.8, 4) is 0 Å². The Bertz CT molecular complexity index is 1120. The lowest BCUT2D eigenvalue weighted by atomic mass is 9.93. The average molecular weight is 493 g/mol. The van der Waals surface area contributed by atoms with Gasteiger partial charge in [0, 0.05) is 32.3 Å². The van der Waals surface area contributed by atoms with Gasteiger partial charge >= 0.3 is 0 Å². The van der Waals surface area contributed by atoms with Crippen molar-refractivity contribution in [3.63, 3.8) is 0 Å². The Balaban J connectivity index is 1.96. The molecule has 1 aromatic heterocycles. The van der Waals surface area contributed by atoms with Gasteiger partial charge in [0.2, 0.25) is 5.95 Å². The number of aromatic nitrogens is 1. The molecule has 2 aromatic rings. The molecule has 0 saturated carbocycles. The number of pyridine rings is 1. The van der Waals surface area contributed by atoms with E-state index in [1.54, 1.807) is 12.0 Å². The van der Waals surface area contributed by atoms with E-state index in [-0.39, 0.29) is 11.7 Å². The van der Waals surface area contributed by atoms with Gasteiger partial charge in [0.15, 0.2) is 10.7 Å². The number of benzene rings is 1. The third-order valence-electron chi connectivity index (χ3n) is 5.87. The highest BCUT2D eigenvalue weighted by Crippen LogP contribution is 2.40. The maximum atomic E-state index is 15.1. The Morgan fingerprint density at radius 3 is 2.59 bits per heavy atom. The Morgan fingerprint density at radius 2 is 2.00 bits per heavy atom. The van der Waals surface area contributed by atoms with Gasteiger partial charge in [-0.15, -0.1) is 0 Å². The summed E-state index contributed by atoms with van der Waals surface area (Å²) >= 11 is 6.16. The quantitative estimate of drug-likeness (QED) is 0.471. The smallest absolute Gasteiger partial charge is 0.268 e. The highest BCUT2D eigenvalue weighted by Gasteiger charge is 2.45. The summed E-state index contributed by atoms with van der Waals surface area (Å²) in [5.41, 5.74) is -0.579. The summed E-state index contributed by atoms with van der Waals surface area (Å²) in [7, 11) is 0.614. The normalized spacial score (nSPS) is 20.1. The van der Waals surface area contributed by atoms with Crippen LogP contribution in [-0.2, 0) is 14.8 Å². The predicted octanol–water partition coefficient (Wildman–Crippen LogP) is 3.50. The summed E-state index contributed by atoms with van der Waals surface area (Å²) in [5, 5.41) is -0.539. The summed E-state index contributed by atoms with van der Waals surface area (Å²) in [5.74, 6) is -4.16. The third-order valence-corrected chi connectivity index (χ3v) is 7.62. The summed E-state index contributed by atoms with van der Waals surface area (Å²) < 4.78 is 76.1. The molecular weight excluding hydrogens is 469 g/mol. The van der Waals surface area contributed by atoms with Crippen LogP contribution in [0, 0.1) is 17.6 Å². The van der Waals surface area contributed by atoms with Gasteiger partial charge in [-0.05, 0) is 39.6 Å². The zero-order valence-electron chi connectivity index (χ0n) is 18.0. The number of hydrogen-bond acceptors (Lipinski definition) is 6. The van der Waals surface area contributed by atoms with Crippen LogP contribution in [0.2, 0.25) is 5.02 Å². The largest absolute Gasteiger partial charge is 0.375 e. The molecule has 176 valence electrons. The second-order valence-electron chi connectivity index (χ2n) is 7.87. The molecule has 32 heavy (non-hydrogen) atoms. The summed E-state index contributed by atoms with van der Waals surface area (Å²) in [6.07, 6.45) is 0.579. The average Bonchev–Trinajstić information content (AvgIpc) is 3.15. The fourth-order valence-electron chi connectivity index (χ4n) is 3.86. The minimum absolute atomic E-state index is 0.00594. The number of rotatable bonds is 7. The van der Waals surface area contributed by atoms with Crippen LogP contribution in [0.1, 0.15) is 13.3 Å². The standard InChI is InChI=1S/C20H24ClF3N4O3S/c1-12(27(2)3)20(31-4)8-9-28(11-20)14-10-13(22)19(18(24)17(14)21)32(29,30)26-16-7-5-6-15(23)25-16/h5-7,10,12H,8-9,11H2,1-4H3,(H,25,26)/t12-,20-/m1/s1. The summed E-state index contributed by atoms with van der Waals surface area (Å²) in [4.78, 5) is 5.72. The van der Waals surface area contributed by atoms with E-state index in [1.807, 2.05) is 30.6 Å². The number of methoxy groups -OCH3 is 1. The first-order valence-electron chi connectivity index (χ1n) is 9.71. The SMILES string of the molecule is CO[C@]1([C@@H](C)N(C)C)CCN(c2cc(F)c(S(=O)(=O)Nc3cccc(F)n3)c(F)c2Cl)C1. The monoisotopic (exact) mass is 492 g/mol. The predicted molar refractivity (Wildman–Crippen MR) is 116 cm³/mol. The molecular formula is C20H24ClF3N4O3S. The number of ether oxygens (including phenoxy) is 1. The number of anilines is 2. The summed E-state index contributed by atoms with van der Waals surface area (Å²) in [6, 6.07) is 4.22. The van der Waals surface area contributed by atoms with Crippen LogP contribution in [0.25, 0.3) is 0 Å². The van der Waals surface area contributed by atoms with E-state index in [2.05, 4.69) is 4.98 Å². The molecule has 1 fully saturated rings. The molecule has 1 N–H and O–H groups in total. The Hall–Kier alpha value is -2.08. The Morgan fingerprint density at radius 1 is 1.31 bits per heavy atom. The molecule has 0 spiro atoms. The van der Waals surface area contributed by atoms with Gasteiger partial charge in [0.1, 0.15) is 22.3 Å². The van der Waals surface area contributed by atoms with Gasteiger partial charge < -0.3 is 14.5 Å². The minimum Gasteiger partial charge on any atom is -0.375 e. The topological polar surface area (TPSA) is 74.8 Å². The zero-order chi connectivity index (χ0) is 23.8. The van der Waals surface area contributed by atoms with E-state index in [0.29, 0.717) is 19.5 Å². The van der Waals surface area contributed by atoms with Gasteiger partial charge in [-0.2, -0.15) is 4.39 Å². The number of hydrogen-bond donors (Lipinski definition) is 1. The molecule has 2 heterocycles. The highest BCUT2D eigenvalue weighted by molar-refractivity contribution is 7.92. The van der Waals surface area contributed by atoms with E-state index < -0.39 is 48.9 Å². The van der Waals surface area contributed by atoms with Crippen molar-refractivity contribution >= 4 is 33.1 Å². The number of likely N-dealkylation sites (N-methyl/N-ethyl adjacent to an activating group) is 1. The van der Waals surface area contributed by atoms with Crippen molar-refractivity contribution in [1.82, 2.24) is 9.88 Å². The van der Waals surface area contributed by atoms with Crippen LogP contribution in [0.5, 0.6) is 0 Å². The molecule has 0 aliphatic carbocycles. The van der Waals surface area contributed by atoms with Crippen molar-refractivity contribution in [2.24, 2.45) is 0 Å². The van der Waals surface area contributed by atoms with Crippen molar-refractivity contribution in [3.05, 3.63) is 46.9 Å². The molecule has 0 bridgehead atoms. The first kappa shape index (κ1) is 24.6. The molecule has 0 amide bonds. The lowest BCUT2D eigenvalue weighted by molar-refractivity contribution is -0.0456. The lowest BCUT2D eigenvalue weighted by Gasteiger charge is -2.38. The fourth-order valence-corrected chi connectivity index (χ4v) is 5.33. The van der Waals surface area contributed by atoms with Gasteiger partial charge in [-0.3, -0.25) is 4.72 Å².